The van der Waals surface area contributed by atoms with E-state index >= 15 is 0 Å². The van der Waals surface area contributed by atoms with E-state index in [1.807, 2.05) is 5.10 Å². The Hall–Kier alpha value is -2.70. The number of aromatic amines is 1. The van der Waals surface area contributed by atoms with Gasteiger partial charge >= 0.3 is 6.18 Å². The lowest BCUT2D eigenvalue weighted by molar-refractivity contribution is -0.141. The van der Waals surface area contributed by atoms with Crippen LogP contribution in [0.2, 0.25) is 0 Å². The van der Waals surface area contributed by atoms with E-state index in [0.29, 0.717) is 17.0 Å². The number of H-pyrrole nitrogens is 1. The van der Waals surface area contributed by atoms with Crippen LogP contribution in [0.5, 0.6) is 0 Å². The minimum absolute atomic E-state index is 0.177. The largest absolute Gasteiger partial charge is 0.432 e. The Balaban J connectivity index is 2.10. The molecule has 0 unspecified atom stereocenters. The lowest BCUT2D eigenvalue weighted by Crippen LogP contribution is -2.04. The maximum atomic E-state index is 12.6. The maximum Gasteiger partial charge on any atom is 0.432 e. The molecule has 0 saturated heterocycles. The van der Waals surface area contributed by atoms with Gasteiger partial charge in [-0.05, 0) is 30.3 Å². The molecule has 0 radical (unpaired) electrons. The summed E-state index contributed by atoms with van der Waals surface area (Å²) in [6.45, 7) is 0. The first-order chi connectivity index (χ1) is 10.1. The van der Waals surface area contributed by atoms with Gasteiger partial charge in [0.05, 0.1) is 17.1 Å². The van der Waals surface area contributed by atoms with Crippen LogP contribution in [0, 0.1) is 0 Å². The Labute approximate surface area is 117 Å². The molecule has 3 aromatic rings. The second-order valence-corrected chi connectivity index (χ2v) is 4.28. The molecule has 3 rings (SSSR count). The molecule has 0 aromatic carbocycles. The summed E-state index contributed by atoms with van der Waals surface area (Å²) >= 11 is 0. The first-order valence-corrected chi connectivity index (χ1v) is 6.05. The number of nitrogens with one attached hydrogen (secondary N) is 1. The van der Waals surface area contributed by atoms with Gasteiger partial charge in [0.1, 0.15) is 5.69 Å². The highest BCUT2D eigenvalue weighted by Gasteiger charge is 2.33. The van der Waals surface area contributed by atoms with Crippen molar-refractivity contribution in [2.45, 2.75) is 6.18 Å². The van der Waals surface area contributed by atoms with Crippen molar-refractivity contribution >= 4 is 0 Å². The van der Waals surface area contributed by atoms with Gasteiger partial charge in [-0.25, -0.2) is 0 Å². The Morgan fingerprint density at radius 3 is 2.38 bits per heavy atom. The molecule has 0 amide bonds. The molecule has 1 N–H and O–H groups in total. The zero-order valence-electron chi connectivity index (χ0n) is 10.6. The summed E-state index contributed by atoms with van der Waals surface area (Å²) in [6, 6.07) is 9.54. The normalized spacial score (nSPS) is 11.6. The van der Waals surface area contributed by atoms with Gasteiger partial charge in [-0.3, -0.25) is 15.1 Å². The first kappa shape index (κ1) is 13.3. The van der Waals surface area contributed by atoms with Crippen LogP contribution < -0.4 is 0 Å². The van der Waals surface area contributed by atoms with Crippen molar-refractivity contribution in [3.63, 3.8) is 0 Å². The van der Waals surface area contributed by atoms with Crippen LogP contribution in [0.1, 0.15) is 5.69 Å². The third-order valence-corrected chi connectivity index (χ3v) is 2.87. The first-order valence-electron chi connectivity index (χ1n) is 6.05. The number of hydrogen-bond donors (Lipinski definition) is 1. The lowest BCUT2D eigenvalue weighted by Gasteiger charge is -2.05. The van der Waals surface area contributed by atoms with Crippen molar-refractivity contribution in [1.29, 1.82) is 0 Å². The van der Waals surface area contributed by atoms with Crippen LogP contribution in [-0.2, 0) is 6.18 Å². The van der Waals surface area contributed by atoms with E-state index in [1.54, 1.807) is 42.7 Å². The second kappa shape index (κ2) is 5.01. The van der Waals surface area contributed by atoms with Crippen LogP contribution in [0.3, 0.4) is 0 Å². The number of pyridine rings is 2. The van der Waals surface area contributed by atoms with Gasteiger partial charge in [0, 0.05) is 18.0 Å². The maximum absolute atomic E-state index is 12.6. The molecule has 7 heteroatoms. The Bertz CT molecular complexity index is 750. The molecular weight excluding hydrogens is 281 g/mol. The van der Waals surface area contributed by atoms with Crippen LogP contribution in [0.25, 0.3) is 22.6 Å². The van der Waals surface area contributed by atoms with E-state index in [1.165, 1.54) is 0 Å². The summed E-state index contributed by atoms with van der Waals surface area (Å²) in [4.78, 5) is 8.37. The standard InChI is InChI=1S/C14H9F3N4/c15-14(16,17)12-8-11(20-21-12)9-4-3-7-19-13(9)10-5-1-2-6-18-10/h1-8H,(H,20,21). The summed E-state index contributed by atoms with van der Waals surface area (Å²) in [5, 5.41) is 5.73. The van der Waals surface area contributed by atoms with Crippen molar-refractivity contribution in [2.75, 3.05) is 0 Å². The number of halogens is 3. The summed E-state index contributed by atoms with van der Waals surface area (Å²) < 4.78 is 37.9. The van der Waals surface area contributed by atoms with Crippen molar-refractivity contribution in [3.05, 3.63) is 54.5 Å². The molecule has 3 heterocycles. The van der Waals surface area contributed by atoms with Gasteiger partial charge in [-0.2, -0.15) is 18.3 Å². The van der Waals surface area contributed by atoms with Crippen molar-refractivity contribution in [2.24, 2.45) is 0 Å². The number of alkyl halides is 3. The van der Waals surface area contributed by atoms with E-state index in [9.17, 15) is 13.2 Å². The van der Waals surface area contributed by atoms with Crippen LogP contribution in [0.4, 0.5) is 13.2 Å². The average molecular weight is 290 g/mol. The highest BCUT2D eigenvalue weighted by molar-refractivity contribution is 5.76. The molecule has 0 fully saturated rings. The molecular formula is C14H9F3N4. The van der Waals surface area contributed by atoms with Gasteiger partial charge in [-0.1, -0.05) is 6.07 Å². The van der Waals surface area contributed by atoms with E-state index in [0.717, 1.165) is 6.07 Å². The summed E-state index contributed by atoms with van der Waals surface area (Å²) in [7, 11) is 0. The van der Waals surface area contributed by atoms with Crippen LogP contribution in [-0.4, -0.2) is 20.2 Å². The van der Waals surface area contributed by atoms with E-state index in [4.69, 9.17) is 0 Å². The van der Waals surface area contributed by atoms with E-state index < -0.39 is 11.9 Å². The molecule has 0 bridgehead atoms. The van der Waals surface area contributed by atoms with E-state index in [2.05, 4.69) is 15.1 Å². The number of aromatic nitrogens is 4. The van der Waals surface area contributed by atoms with Gasteiger partial charge in [0.2, 0.25) is 0 Å². The Morgan fingerprint density at radius 1 is 0.905 bits per heavy atom. The summed E-state index contributed by atoms with van der Waals surface area (Å²) in [5.74, 6) is 0. The summed E-state index contributed by atoms with van der Waals surface area (Å²) in [5.41, 5.74) is 0.829. The van der Waals surface area contributed by atoms with Gasteiger partial charge in [0.15, 0.2) is 0 Å². The fraction of sp³-hybridized carbons (Fsp3) is 0.0714. The quantitative estimate of drug-likeness (QED) is 0.785. The van der Waals surface area contributed by atoms with Gasteiger partial charge < -0.3 is 0 Å². The fourth-order valence-corrected chi connectivity index (χ4v) is 1.92. The fourth-order valence-electron chi connectivity index (χ4n) is 1.92. The molecule has 0 aliphatic heterocycles. The van der Waals surface area contributed by atoms with Crippen molar-refractivity contribution in [3.8, 4) is 22.6 Å². The molecule has 0 aliphatic carbocycles. The zero-order valence-corrected chi connectivity index (χ0v) is 10.6. The minimum Gasteiger partial charge on any atom is -0.273 e. The molecule has 21 heavy (non-hydrogen) atoms. The number of hydrogen-bond acceptors (Lipinski definition) is 3. The second-order valence-electron chi connectivity index (χ2n) is 4.28. The zero-order chi connectivity index (χ0) is 14.9. The molecule has 4 nitrogen and oxygen atoms in total. The monoisotopic (exact) mass is 290 g/mol. The van der Waals surface area contributed by atoms with Crippen molar-refractivity contribution < 1.29 is 13.2 Å². The lowest BCUT2D eigenvalue weighted by atomic mass is 10.1. The smallest absolute Gasteiger partial charge is 0.273 e. The third kappa shape index (κ3) is 2.62. The van der Waals surface area contributed by atoms with Crippen LogP contribution in [0.15, 0.2) is 48.8 Å². The molecule has 0 aliphatic rings. The molecule has 106 valence electrons. The highest BCUT2D eigenvalue weighted by atomic mass is 19.4. The molecule has 3 aromatic heterocycles. The Kier molecular flexibility index (Phi) is 3.17. The number of rotatable bonds is 2. The topological polar surface area (TPSA) is 54.5 Å². The summed E-state index contributed by atoms with van der Waals surface area (Å²) in [6.07, 6.45) is -1.30. The molecule has 0 atom stereocenters. The predicted octanol–water partition coefficient (Wildman–Crippen LogP) is 3.55. The SMILES string of the molecule is FC(F)(F)c1cc(-c2cccnc2-c2ccccn2)n[nH]1. The minimum atomic E-state index is -4.46. The van der Waals surface area contributed by atoms with Crippen LogP contribution >= 0.6 is 0 Å². The average Bonchev–Trinajstić information content (AvgIpc) is 2.98. The molecule has 0 spiro atoms. The third-order valence-electron chi connectivity index (χ3n) is 2.87. The van der Waals surface area contributed by atoms with Gasteiger partial charge in [-0.15, -0.1) is 0 Å². The Morgan fingerprint density at radius 2 is 1.71 bits per heavy atom. The van der Waals surface area contributed by atoms with Crippen molar-refractivity contribution in [1.82, 2.24) is 20.2 Å². The highest BCUT2D eigenvalue weighted by Crippen LogP contribution is 2.32. The van der Waals surface area contributed by atoms with E-state index in [-0.39, 0.29) is 5.69 Å². The predicted molar refractivity (Wildman–Crippen MR) is 70.1 cm³/mol. The molecule has 0 saturated carbocycles. The number of nitrogens with zero attached hydrogens (tertiary/aromatic N) is 3. The van der Waals surface area contributed by atoms with Gasteiger partial charge in [0.25, 0.3) is 0 Å².